The molecule has 3 aliphatic rings. The number of carbonyl (C=O) groups is 1. The monoisotopic (exact) mass is 444 g/mol. The Morgan fingerprint density at radius 2 is 1.82 bits per heavy atom. The summed E-state index contributed by atoms with van der Waals surface area (Å²) >= 11 is 0. The van der Waals surface area contributed by atoms with Crippen molar-refractivity contribution in [2.75, 3.05) is 6.61 Å². The van der Waals surface area contributed by atoms with Gasteiger partial charge in [0.1, 0.15) is 11.4 Å². The highest BCUT2D eigenvalue weighted by Gasteiger charge is 2.49. The molecular weight excluding hydrogens is 408 g/mol. The predicted octanol–water partition coefficient (Wildman–Crippen LogP) is 6.58. The average molecular weight is 445 g/mol. The van der Waals surface area contributed by atoms with Crippen LogP contribution in [0.3, 0.4) is 0 Å². The van der Waals surface area contributed by atoms with Crippen LogP contribution in [0.5, 0.6) is 0 Å². The number of fused-ring (bicyclic) bond motifs is 1. The van der Waals surface area contributed by atoms with Crippen molar-refractivity contribution < 1.29 is 14.6 Å². The minimum absolute atomic E-state index is 0.00683. The van der Waals surface area contributed by atoms with E-state index >= 15 is 0 Å². The lowest BCUT2D eigenvalue weighted by Gasteiger charge is -2.37. The molecule has 1 aliphatic heterocycles. The summed E-state index contributed by atoms with van der Waals surface area (Å²) in [4.78, 5) is 12.1. The number of aliphatic hydroxyl groups is 1. The smallest absolute Gasteiger partial charge is 0.163 e. The number of ether oxygens (including phenoxy) is 1. The summed E-state index contributed by atoms with van der Waals surface area (Å²) in [5.41, 5.74) is 5.33. The van der Waals surface area contributed by atoms with Crippen molar-refractivity contribution in [3.05, 3.63) is 70.0 Å². The lowest BCUT2D eigenvalue weighted by molar-refractivity contribution is -0.115. The fraction of sp³-hybridized carbons (Fsp3) is 0.500. The highest BCUT2D eigenvalue weighted by atomic mass is 16.6. The zero-order valence-electron chi connectivity index (χ0n) is 20.8. The molecule has 0 spiro atoms. The van der Waals surface area contributed by atoms with Crippen molar-refractivity contribution in [1.82, 2.24) is 0 Å². The van der Waals surface area contributed by atoms with E-state index in [2.05, 4.69) is 82.9 Å². The zero-order chi connectivity index (χ0) is 24.0. The highest BCUT2D eigenvalue weighted by Crippen LogP contribution is 2.49. The fourth-order valence-electron chi connectivity index (χ4n) is 5.17. The SMILES string of the molecule is CCC(C#CC/C=C(\C)C1(c2ccc3c(c2)C(C)(C)C=CC3(C)C)CO1)C1=C(O)CCC1=O. The third-order valence-electron chi connectivity index (χ3n) is 7.60. The molecular formula is C30H36O3. The number of epoxide rings is 1. The van der Waals surface area contributed by atoms with Crippen LogP contribution in [-0.4, -0.2) is 17.5 Å². The van der Waals surface area contributed by atoms with Crippen LogP contribution in [0, 0.1) is 17.8 Å². The number of allylic oxidation sites excluding steroid dienone is 5. The summed E-state index contributed by atoms with van der Waals surface area (Å²) in [6.07, 6.45) is 8.97. The van der Waals surface area contributed by atoms with Gasteiger partial charge in [0.25, 0.3) is 0 Å². The molecule has 0 bridgehead atoms. The van der Waals surface area contributed by atoms with Crippen LogP contribution in [0.1, 0.15) is 83.9 Å². The molecule has 174 valence electrons. The molecule has 2 atom stereocenters. The molecule has 1 N–H and O–H groups in total. The van der Waals surface area contributed by atoms with E-state index < -0.39 is 0 Å². The van der Waals surface area contributed by atoms with Crippen LogP contribution in [0.2, 0.25) is 0 Å². The number of benzene rings is 1. The van der Waals surface area contributed by atoms with Gasteiger partial charge in [0.05, 0.1) is 12.5 Å². The average Bonchev–Trinajstić information content (AvgIpc) is 3.52. The van der Waals surface area contributed by atoms with E-state index in [4.69, 9.17) is 4.74 Å². The van der Waals surface area contributed by atoms with E-state index in [-0.39, 0.29) is 33.9 Å². The van der Waals surface area contributed by atoms with Crippen molar-refractivity contribution in [2.24, 2.45) is 5.92 Å². The van der Waals surface area contributed by atoms with E-state index in [1.165, 1.54) is 22.3 Å². The zero-order valence-corrected chi connectivity index (χ0v) is 20.8. The number of hydrogen-bond acceptors (Lipinski definition) is 3. The number of ketones is 1. The molecule has 1 aromatic rings. The van der Waals surface area contributed by atoms with E-state index in [1.807, 2.05) is 6.92 Å². The summed E-state index contributed by atoms with van der Waals surface area (Å²) in [7, 11) is 0. The predicted molar refractivity (Wildman–Crippen MR) is 133 cm³/mol. The van der Waals surface area contributed by atoms with Gasteiger partial charge in [-0.3, -0.25) is 4.79 Å². The second kappa shape index (κ2) is 8.33. The first-order valence-corrected chi connectivity index (χ1v) is 12.1. The maximum absolute atomic E-state index is 12.1. The Kier molecular flexibility index (Phi) is 5.95. The van der Waals surface area contributed by atoms with Crippen LogP contribution in [0.15, 0.2) is 53.3 Å². The summed E-state index contributed by atoms with van der Waals surface area (Å²) in [6, 6.07) is 6.83. The van der Waals surface area contributed by atoms with Gasteiger partial charge in [-0.1, -0.05) is 82.9 Å². The molecule has 1 saturated heterocycles. The Labute approximate surface area is 198 Å². The van der Waals surface area contributed by atoms with Crippen LogP contribution < -0.4 is 0 Å². The Bertz CT molecular complexity index is 1130. The summed E-state index contributed by atoms with van der Waals surface area (Å²) in [5, 5.41) is 10.1. The molecule has 1 aromatic carbocycles. The van der Waals surface area contributed by atoms with Gasteiger partial charge < -0.3 is 9.84 Å². The van der Waals surface area contributed by atoms with Gasteiger partial charge in [-0.25, -0.2) is 0 Å². The lowest BCUT2D eigenvalue weighted by atomic mass is 9.67. The first kappa shape index (κ1) is 23.6. The van der Waals surface area contributed by atoms with Crippen molar-refractivity contribution in [3.63, 3.8) is 0 Å². The maximum atomic E-state index is 12.1. The van der Waals surface area contributed by atoms with E-state index in [0.717, 1.165) is 6.42 Å². The molecule has 0 radical (unpaired) electrons. The van der Waals surface area contributed by atoms with Crippen LogP contribution in [-0.2, 0) is 26.0 Å². The third-order valence-corrected chi connectivity index (χ3v) is 7.60. The molecule has 3 heteroatoms. The van der Waals surface area contributed by atoms with E-state index in [9.17, 15) is 9.90 Å². The third kappa shape index (κ3) is 4.22. The molecule has 33 heavy (non-hydrogen) atoms. The Morgan fingerprint density at radius 3 is 2.39 bits per heavy atom. The summed E-state index contributed by atoms with van der Waals surface area (Å²) in [6.45, 7) is 13.9. The largest absolute Gasteiger partial charge is 0.512 e. The molecule has 0 saturated carbocycles. The lowest BCUT2D eigenvalue weighted by Crippen LogP contribution is -2.29. The van der Waals surface area contributed by atoms with Crippen molar-refractivity contribution in [1.29, 1.82) is 0 Å². The number of carbonyl (C=O) groups excluding carboxylic acids is 1. The second-order valence-corrected chi connectivity index (χ2v) is 10.8. The van der Waals surface area contributed by atoms with Crippen molar-refractivity contribution >= 4 is 5.78 Å². The number of hydrogen-bond donors (Lipinski definition) is 1. The molecule has 1 heterocycles. The highest BCUT2D eigenvalue weighted by molar-refractivity contribution is 5.99. The quantitative estimate of drug-likeness (QED) is 0.317. The minimum atomic E-state index is -0.357. The molecule has 4 rings (SSSR count). The second-order valence-electron chi connectivity index (χ2n) is 10.8. The van der Waals surface area contributed by atoms with Crippen LogP contribution in [0.25, 0.3) is 0 Å². The van der Waals surface area contributed by atoms with Crippen LogP contribution >= 0.6 is 0 Å². The van der Waals surface area contributed by atoms with Gasteiger partial charge >= 0.3 is 0 Å². The minimum Gasteiger partial charge on any atom is -0.512 e. The van der Waals surface area contributed by atoms with Crippen LogP contribution in [0.4, 0.5) is 0 Å². The fourth-order valence-corrected chi connectivity index (χ4v) is 5.17. The Hall–Kier alpha value is -2.57. The molecule has 0 amide bonds. The molecule has 2 aliphatic carbocycles. The summed E-state index contributed by atoms with van der Waals surface area (Å²) < 4.78 is 6.04. The molecule has 0 aromatic heterocycles. The van der Waals surface area contributed by atoms with Gasteiger partial charge in [-0.05, 0) is 35.6 Å². The van der Waals surface area contributed by atoms with Gasteiger partial charge in [-0.2, -0.15) is 0 Å². The van der Waals surface area contributed by atoms with E-state index in [0.29, 0.717) is 31.4 Å². The summed E-state index contributed by atoms with van der Waals surface area (Å²) in [5.74, 6) is 6.53. The molecule has 1 fully saturated rings. The Morgan fingerprint density at radius 1 is 1.15 bits per heavy atom. The van der Waals surface area contributed by atoms with Crippen molar-refractivity contribution in [3.8, 4) is 11.8 Å². The maximum Gasteiger partial charge on any atom is 0.163 e. The van der Waals surface area contributed by atoms with Gasteiger partial charge in [0.2, 0.25) is 0 Å². The number of rotatable bonds is 5. The molecule has 2 unspecified atom stereocenters. The standard InChI is InChI=1S/C30H36O3/c1-7-21(27-25(31)14-15-26(27)32)11-9-8-10-20(2)30(19-33-30)22-12-13-23-24(18-22)29(5,6)17-16-28(23,3)4/h10,12-13,16-18,21,31H,7-8,14-15,19H2,1-6H3/b20-10+. The topological polar surface area (TPSA) is 49.8 Å². The number of aliphatic hydroxyl groups excluding tert-OH is 1. The molecule has 3 nitrogen and oxygen atoms in total. The van der Waals surface area contributed by atoms with Gasteiger partial charge in [0.15, 0.2) is 5.78 Å². The first-order chi connectivity index (χ1) is 15.5. The van der Waals surface area contributed by atoms with Gasteiger partial charge in [-0.15, -0.1) is 0 Å². The van der Waals surface area contributed by atoms with Gasteiger partial charge in [0, 0.05) is 35.7 Å². The van der Waals surface area contributed by atoms with Crippen molar-refractivity contribution in [2.45, 2.75) is 83.7 Å². The normalized spacial score (nSPS) is 26.0. The Balaban J connectivity index is 1.55. The number of Topliss-reactive ketones (excluding diaryl/α,β-unsaturated/α-hetero) is 1. The van der Waals surface area contributed by atoms with E-state index in [1.54, 1.807) is 0 Å². The first-order valence-electron chi connectivity index (χ1n) is 12.1.